The summed E-state index contributed by atoms with van der Waals surface area (Å²) in [7, 11) is 1.70. The number of benzene rings is 2. The first-order chi connectivity index (χ1) is 15.0. The number of aliphatic hydroxyl groups is 1. The molecule has 6 heteroatoms. The van der Waals surface area contributed by atoms with Crippen molar-refractivity contribution in [3.63, 3.8) is 0 Å². The number of nitrogens with zero attached hydrogens (tertiary/aromatic N) is 2. The summed E-state index contributed by atoms with van der Waals surface area (Å²) >= 11 is 0. The van der Waals surface area contributed by atoms with Crippen LogP contribution < -0.4 is 4.74 Å². The van der Waals surface area contributed by atoms with Crippen molar-refractivity contribution in [2.45, 2.75) is 32.9 Å². The number of hydrogen-bond acceptors (Lipinski definition) is 5. The van der Waals surface area contributed by atoms with Crippen LogP contribution in [0.1, 0.15) is 40.9 Å². The fourth-order valence-electron chi connectivity index (χ4n) is 3.77. The quantitative estimate of drug-likeness (QED) is 0.815. The summed E-state index contributed by atoms with van der Waals surface area (Å²) in [6, 6.07) is 14.6. The second-order valence-corrected chi connectivity index (χ2v) is 8.29. The maximum Gasteiger partial charge on any atom is 0.253 e. The van der Waals surface area contributed by atoms with Gasteiger partial charge >= 0.3 is 0 Å². The van der Waals surface area contributed by atoms with Crippen LogP contribution in [0.4, 0.5) is 0 Å². The van der Waals surface area contributed by atoms with E-state index in [2.05, 4.69) is 43.0 Å². The molecule has 1 N–H and O–H groups in total. The van der Waals surface area contributed by atoms with Gasteiger partial charge in [0.1, 0.15) is 12.4 Å². The van der Waals surface area contributed by atoms with E-state index >= 15 is 0 Å². The molecule has 0 aliphatic carbocycles. The molecule has 2 aromatic carbocycles. The van der Waals surface area contributed by atoms with Gasteiger partial charge in [0.05, 0.1) is 19.8 Å². The molecule has 0 radical (unpaired) electrons. The molecule has 2 bridgehead atoms. The summed E-state index contributed by atoms with van der Waals surface area (Å²) in [4.78, 5) is 16.6. The van der Waals surface area contributed by atoms with Crippen molar-refractivity contribution in [3.05, 3.63) is 64.7 Å². The number of amides is 1. The van der Waals surface area contributed by atoms with Gasteiger partial charge in [-0.15, -0.1) is 0 Å². The van der Waals surface area contributed by atoms with Crippen LogP contribution in [0.3, 0.4) is 0 Å². The van der Waals surface area contributed by atoms with Crippen molar-refractivity contribution in [2.75, 3.05) is 46.6 Å². The fourth-order valence-corrected chi connectivity index (χ4v) is 3.77. The molecule has 0 fully saturated rings. The zero-order valence-electron chi connectivity index (χ0n) is 18.8. The third-order valence-electron chi connectivity index (χ3n) is 5.60. The first kappa shape index (κ1) is 23.3. The van der Waals surface area contributed by atoms with Crippen molar-refractivity contribution in [1.82, 2.24) is 9.80 Å². The van der Waals surface area contributed by atoms with E-state index in [0.29, 0.717) is 44.4 Å². The Morgan fingerprint density at radius 2 is 1.94 bits per heavy atom. The predicted molar refractivity (Wildman–Crippen MR) is 122 cm³/mol. The molecule has 0 unspecified atom stereocenters. The highest BCUT2D eigenvalue weighted by Gasteiger charge is 2.16. The van der Waals surface area contributed by atoms with Gasteiger partial charge in [-0.1, -0.05) is 24.3 Å². The van der Waals surface area contributed by atoms with Crippen LogP contribution in [-0.4, -0.2) is 73.4 Å². The van der Waals surface area contributed by atoms with Gasteiger partial charge < -0.3 is 19.5 Å². The Morgan fingerprint density at radius 3 is 2.71 bits per heavy atom. The van der Waals surface area contributed by atoms with E-state index in [4.69, 9.17) is 14.6 Å². The Kier molecular flexibility index (Phi) is 8.46. The second-order valence-electron chi connectivity index (χ2n) is 8.29. The van der Waals surface area contributed by atoms with Crippen LogP contribution in [-0.2, 0) is 17.7 Å². The molecule has 31 heavy (non-hydrogen) atoms. The molecule has 3 rings (SSSR count). The van der Waals surface area contributed by atoms with Gasteiger partial charge in [-0.05, 0) is 48.7 Å². The first-order valence-corrected chi connectivity index (χ1v) is 11.0. The summed E-state index contributed by atoms with van der Waals surface area (Å²) in [5.74, 6) is 0.664. The van der Waals surface area contributed by atoms with E-state index in [-0.39, 0.29) is 12.5 Å². The van der Waals surface area contributed by atoms with Crippen LogP contribution in [0.2, 0.25) is 0 Å². The van der Waals surface area contributed by atoms with Crippen LogP contribution in [0, 0.1) is 0 Å². The molecule has 2 aromatic rings. The van der Waals surface area contributed by atoms with Crippen LogP contribution in [0.25, 0.3) is 0 Å². The second kappa shape index (κ2) is 11.3. The van der Waals surface area contributed by atoms with Gasteiger partial charge in [0.25, 0.3) is 5.91 Å². The fraction of sp³-hybridized carbons (Fsp3) is 0.480. The molecular weight excluding hydrogens is 392 g/mol. The molecule has 1 aliphatic heterocycles. The third-order valence-corrected chi connectivity index (χ3v) is 5.60. The molecule has 0 aromatic heterocycles. The lowest BCUT2D eigenvalue weighted by molar-refractivity contribution is 0.0695. The lowest BCUT2D eigenvalue weighted by Crippen LogP contribution is -2.33. The van der Waals surface area contributed by atoms with E-state index in [1.165, 1.54) is 16.0 Å². The third kappa shape index (κ3) is 6.53. The molecule has 0 spiro atoms. The largest absolute Gasteiger partial charge is 0.491 e. The molecule has 0 saturated carbocycles. The number of rotatable bonds is 4. The summed E-state index contributed by atoms with van der Waals surface area (Å²) in [5.41, 5.74) is 4.02. The summed E-state index contributed by atoms with van der Waals surface area (Å²) in [5, 5.41) is 9.14. The van der Waals surface area contributed by atoms with Crippen LogP contribution in [0.5, 0.6) is 5.75 Å². The van der Waals surface area contributed by atoms with Crippen LogP contribution in [0.15, 0.2) is 42.5 Å². The van der Waals surface area contributed by atoms with E-state index < -0.39 is 0 Å². The maximum atomic E-state index is 12.7. The Bertz CT molecular complexity index is 868. The normalized spacial score (nSPS) is 15.6. The number of carbonyl (C=O) groups is 1. The maximum absolute atomic E-state index is 12.7. The minimum atomic E-state index is -0.110. The minimum absolute atomic E-state index is 0.0590. The number of ether oxygens (including phenoxy) is 2. The van der Waals surface area contributed by atoms with Gasteiger partial charge in [-0.3, -0.25) is 9.69 Å². The van der Waals surface area contributed by atoms with E-state index in [1.807, 2.05) is 12.1 Å². The number of hydrogen-bond donors (Lipinski definition) is 1. The summed E-state index contributed by atoms with van der Waals surface area (Å²) in [6.07, 6.45) is 0.677. The van der Waals surface area contributed by atoms with E-state index in [0.717, 1.165) is 24.4 Å². The van der Waals surface area contributed by atoms with Crippen molar-refractivity contribution in [2.24, 2.45) is 0 Å². The zero-order valence-corrected chi connectivity index (χ0v) is 18.8. The number of aliphatic hydroxyl groups excluding tert-OH is 1. The van der Waals surface area contributed by atoms with Crippen molar-refractivity contribution in [1.29, 1.82) is 0 Å². The van der Waals surface area contributed by atoms with Gasteiger partial charge in [0.2, 0.25) is 0 Å². The molecule has 6 nitrogen and oxygen atoms in total. The highest BCUT2D eigenvalue weighted by Crippen LogP contribution is 2.25. The topological polar surface area (TPSA) is 62.2 Å². The Hall–Kier alpha value is -2.41. The average Bonchev–Trinajstić information content (AvgIpc) is 2.75. The lowest BCUT2D eigenvalue weighted by atomic mass is 9.99. The van der Waals surface area contributed by atoms with Crippen molar-refractivity contribution >= 4 is 5.91 Å². The molecule has 168 valence electrons. The Labute approximate surface area is 185 Å². The number of carbonyl (C=O) groups excluding carboxylic acids is 1. The van der Waals surface area contributed by atoms with Gasteiger partial charge in [0, 0.05) is 44.7 Å². The first-order valence-electron chi connectivity index (χ1n) is 11.0. The van der Waals surface area contributed by atoms with Gasteiger partial charge in [-0.2, -0.15) is 0 Å². The highest BCUT2D eigenvalue weighted by atomic mass is 16.5. The molecule has 1 heterocycles. The van der Waals surface area contributed by atoms with E-state index in [1.54, 1.807) is 13.1 Å². The Morgan fingerprint density at radius 1 is 1.13 bits per heavy atom. The number of fused-ring (bicyclic) bond motifs is 3. The average molecular weight is 427 g/mol. The van der Waals surface area contributed by atoms with Crippen LogP contribution >= 0.6 is 0 Å². The predicted octanol–water partition coefficient (Wildman–Crippen LogP) is 2.96. The van der Waals surface area contributed by atoms with Gasteiger partial charge in [-0.25, -0.2) is 0 Å². The molecule has 0 saturated heterocycles. The molecule has 0 atom stereocenters. The summed E-state index contributed by atoms with van der Waals surface area (Å²) < 4.78 is 11.8. The summed E-state index contributed by atoms with van der Waals surface area (Å²) in [6.45, 7) is 8.07. The zero-order chi connectivity index (χ0) is 22.2. The van der Waals surface area contributed by atoms with Crippen molar-refractivity contribution < 1.29 is 19.4 Å². The smallest absolute Gasteiger partial charge is 0.253 e. The SMILES string of the molecule is CC(C)N1CCOCCOc2ccc(C(=O)N(C)CCO)cc2Cc2cccc(c2)C1. The molecule has 1 aliphatic rings. The monoisotopic (exact) mass is 426 g/mol. The van der Waals surface area contributed by atoms with Gasteiger partial charge in [0.15, 0.2) is 0 Å². The van der Waals surface area contributed by atoms with Crippen molar-refractivity contribution in [3.8, 4) is 5.75 Å². The Balaban J connectivity index is 1.91. The standard InChI is InChI=1S/C25H34N2O4/c1-19(2)27-10-12-30-13-14-31-24-8-7-22(25(29)26(3)9-11-28)17-23(24)16-20-5-4-6-21(15-20)18-27/h4-8,15,17,19,28H,9-14,16,18H2,1-3H3. The lowest BCUT2D eigenvalue weighted by Gasteiger charge is -2.27. The number of likely N-dealkylation sites (N-methyl/N-ethyl adjacent to an activating group) is 1. The minimum Gasteiger partial charge on any atom is -0.491 e. The highest BCUT2D eigenvalue weighted by molar-refractivity contribution is 5.94. The molecule has 1 amide bonds. The van der Waals surface area contributed by atoms with E-state index in [9.17, 15) is 4.79 Å². The molecular formula is C25H34N2O4.